The first-order chi connectivity index (χ1) is 9.59. The van der Waals surface area contributed by atoms with E-state index in [-0.39, 0.29) is 11.5 Å². The van der Waals surface area contributed by atoms with Crippen LogP contribution in [0.15, 0.2) is 42.5 Å². The second-order valence-corrected chi connectivity index (χ2v) is 4.50. The first-order valence-corrected chi connectivity index (χ1v) is 6.12. The fourth-order valence-electron chi connectivity index (χ4n) is 2.41. The molecular formula is C15H12N2O3. The number of hydrogen-bond donors (Lipinski definition) is 2. The average Bonchev–Trinajstić information content (AvgIpc) is 2.43. The molecule has 2 aromatic rings. The highest BCUT2D eigenvalue weighted by Crippen LogP contribution is 2.44. The van der Waals surface area contributed by atoms with E-state index >= 15 is 0 Å². The molecule has 2 N–H and O–H groups in total. The van der Waals surface area contributed by atoms with Crippen LogP contribution in [0.4, 0.5) is 22.7 Å². The van der Waals surface area contributed by atoms with Gasteiger partial charge in [0.2, 0.25) is 5.91 Å². The third kappa shape index (κ3) is 1.72. The molecule has 0 unspecified atom stereocenters. The number of nitrogens with one attached hydrogen (secondary N) is 1. The van der Waals surface area contributed by atoms with Crippen LogP contribution in [-0.2, 0) is 4.79 Å². The molecule has 20 heavy (non-hydrogen) atoms. The van der Waals surface area contributed by atoms with Gasteiger partial charge in [0.05, 0.1) is 28.3 Å². The molecular weight excluding hydrogens is 256 g/mol. The van der Waals surface area contributed by atoms with E-state index < -0.39 is 5.97 Å². The molecule has 2 aromatic carbocycles. The average molecular weight is 268 g/mol. The lowest BCUT2D eigenvalue weighted by Gasteiger charge is -2.32. The maximum absolute atomic E-state index is 12.0. The van der Waals surface area contributed by atoms with Gasteiger partial charge in [-0.15, -0.1) is 0 Å². The molecule has 100 valence electrons. The summed E-state index contributed by atoms with van der Waals surface area (Å²) in [6.07, 6.45) is 0. The smallest absolute Gasteiger partial charge is 0.337 e. The molecule has 0 atom stereocenters. The number of rotatable bonds is 1. The zero-order chi connectivity index (χ0) is 14.3. The van der Waals surface area contributed by atoms with Crippen molar-refractivity contribution in [1.82, 2.24) is 0 Å². The van der Waals surface area contributed by atoms with Gasteiger partial charge in [0, 0.05) is 6.92 Å². The van der Waals surface area contributed by atoms with Crippen LogP contribution in [0, 0.1) is 0 Å². The summed E-state index contributed by atoms with van der Waals surface area (Å²) in [5.74, 6) is -1.19. The molecule has 0 aliphatic carbocycles. The number of aromatic carboxylic acids is 1. The van der Waals surface area contributed by atoms with E-state index in [0.717, 1.165) is 5.69 Å². The van der Waals surface area contributed by atoms with E-state index in [0.29, 0.717) is 17.1 Å². The predicted molar refractivity (Wildman–Crippen MR) is 75.9 cm³/mol. The largest absolute Gasteiger partial charge is 0.478 e. The van der Waals surface area contributed by atoms with E-state index in [1.165, 1.54) is 17.9 Å². The lowest BCUT2D eigenvalue weighted by atomic mass is 10.1. The first kappa shape index (κ1) is 12.2. The van der Waals surface area contributed by atoms with Gasteiger partial charge in [0.1, 0.15) is 0 Å². The number of para-hydroxylation sites is 3. The van der Waals surface area contributed by atoms with Crippen LogP contribution in [-0.4, -0.2) is 17.0 Å². The van der Waals surface area contributed by atoms with Crippen LogP contribution in [0.25, 0.3) is 0 Å². The summed E-state index contributed by atoms with van der Waals surface area (Å²) < 4.78 is 0. The summed E-state index contributed by atoms with van der Waals surface area (Å²) in [6, 6.07) is 12.2. The molecule has 1 heterocycles. The third-order valence-corrected chi connectivity index (χ3v) is 3.23. The van der Waals surface area contributed by atoms with Gasteiger partial charge in [-0.25, -0.2) is 4.79 Å². The zero-order valence-corrected chi connectivity index (χ0v) is 10.8. The quantitative estimate of drug-likeness (QED) is 0.833. The number of amides is 1. The lowest BCUT2D eigenvalue weighted by molar-refractivity contribution is -0.115. The molecule has 5 nitrogen and oxygen atoms in total. The fourth-order valence-corrected chi connectivity index (χ4v) is 2.41. The van der Waals surface area contributed by atoms with Crippen LogP contribution in [0.1, 0.15) is 17.3 Å². The number of carbonyl (C=O) groups is 2. The number of nitrogens with zero attached hydrogens (tertiary/aromatic N) is 1. The Balaban J connectivity index is 2.28. The number of carbonyl (C=O) groups excluding carboxylic acids is 1. The Hall–Kier alpha value is -2.82. The minimum Gasteiger partial charge on any atom is -0.478 e. The van der Waals surface area contributed by atoms with Gasteiger partial charge in [0.15, 0.2) is 0 Å². The van der Waals surface area contributed by atoms with Gasteiger partial charge < -0.3 is 10.4 Å². The Morgan fingerprint density at radius 3 is 2.45 bits per heavy atom. The second-order valence-electron chi connectivity index (χ2n) is 4.50. The van der Waals surface area contributed by atoms with Crippen molar-refractivity contribution in [2.75, 3.05) is 10.2 Å². The maximum atomic E-state index is 12.0. The Bertz CT molecular complexity index is 725. The molecule has 5 heteroatoms. The number of fused-ring (bicyclic) bond motifs is 2. The molecule has 0 spiro atoms. The van der Waals surface area contributed by atoms with Crippen molar-refractivity contribution in [3.05, 3.63) is 48.0 Å². The molecule has 0 bridgehead atoms. The van der Waals surface area contributed by atoms with Crippen molar-refractivity contribution < 1.29 is 14.7 Å². The first-order valence-electron chi connectivity index (χ1n) is 6.12. The molecule has 0 fully saturated rings. The molecule has 1 aliphatic heterocycles. The highest BCUT2D eigenvalue weighted by Gasteiger charge is 2.28. The summed E-state index contributed by atoms with van der Waals surface area (Å²) >= 11 is 0. The Kier molecular flexibility index (Phi) is 2.68. The molecule has 0 saturated carbocycles. The van der Waals surface area contributed by atoms with Gasteiger partial charge in [-0.2, -0.15) is 0 Å². The second kappa shape index (κ2) is 4.38. The lowest BCUT2D eigenvalue weighted by Crippen LogP contribution is -2.28. The summed E-state index contributed by atoms with van der Waals surface area (Å²) in [5.41, 5.74) is 2.56. The number of anilines is 4. The van der Waals surface area contributed by atoms with E-state index in [1.807, 2.05) is 24.3 Å². The summed E-state index contributed by atoms with van der Waals surface area (Å²) in [4.78, 5) is 24.8. The molecule has 1 aliphatic rings. The number of hydrogen-bond acceptors (Lipinski definition) is 3. The van der Waals surface area contributed by atoms with Crippen molar-refractivity contribution in [3.63, 3.8) is 0 Å². The molecule has 3 rings (SSSR count). The van der Waals surface area contributed by atoms with E-state index in [1.54, 1.807) is 12.1 Å². The Morgan fingerprint density at radius 1 is 1.05 bits per heavy atom. The van der Waals surface area contributed by atoms with Gasteiger partial charge in [0.25, 0.3) is 0 Å². The Labute approximate surface area is 115 Å². The topological polar surface area (TPSA) is 69.6 Å². The minimum absolute atomic E-state index is 0.142. The van der Waals surface area contributed by atoms with Crippen LogP contribution >= 0.6 is 0 Å². The highest BCUT2D eigenvalue weighted by molar-refractivity contribution is 6.12. The summed E-state index contributed by atoms with van der Waals surface area (Å²) in [7, 11) is 0. The third-order valence-electron chi connectivity index (χ3n) is 3.23. The van der Waals surface area contributed by atoms with E-state index in [9.17, 15) is 14.7 Å². The van der Waals surface area contributed by atoms with Crippen LogP contribution in [0.3, 0.4) is 0 Å². The SMILES string of the molecule is CC(=O)N1c2ccccc2Nc2c(C(=O)O)cccc21. The zero-order valence-electron chi connectivity index (χ0n) is 10.8. The van der Waals surface area contributed by atoms with Crippen molar-refractivity contribution in [2.24, 2.45) is 0 Å². The monoisotopic (exact) mass is 268 g/mol. The van der Waals surface area contributed by atoms with E-state index in [4.69, 9.17) is 0 Å². The van der Waals surface area contributed by atoms with Crippen molar-refractivity contribution >= 4 is 34.6 Å². The number of carboxylic acid groups (broad SMARTS) is 1. The summed E-state index contributed by atoms with van der Waals surface area (Å²) in [6.45, 7) is 1.46. The molecule has 0 aromatic heterocycles. The van der Waals surface area contributed by atoms with Crippen LogP contribution in [0.2, 0.25) is 0 Å². The highest BCUT2D eigenvalue weighted by atomic mass is 16.4. The molecule has 0 radical (unpaired) electrons. The number of benzene rings is 2. The van der Waals surface area contributed by atoms with Crippen molar-refractivity contribution in [1.29, 1.82) is 0 Å². The van der Waals surface area contributed by atoms with Crippen LogP contribution in [0.5, 0.6) is 0 Å². The normalized spacial score (nSPS) is 12.2. The Morgan fingerprint density at radius 2 is 1.75 bits per heavy atom. The summed E-state index contributed by atoms with van der Waals surface area (Å²) in [5, 5.41) is 12.4. The molecule has 0 saturated heterocycles. The fraction of sp³-hybridized carbons (Fsp3) is 0.0667. The maximum Gasteiger partial charge on any atom is 0.337 e. The molecule has 1 amide bonds. The van der Waals surface area contributed by atoms with Gasteiger partial charge in [-0.05, 0) is 24.3 Å². The van der Waals surface area contributed by atoms with Gasteiger partial charge >= 0.3 is 5.97 Å². The van der Waals surface area contributed by atoms with Gasteiger partial charge in [-0.3, -0.25) is 9.69 Å². The standard InChI is InChI=1S/C15H12N2O3/c1-9(18)17-12-7-3-2-6-11(12)16-14-10(15(19)20)5-4-8-13(14)17/h2-8,16H,1H3,(H,19,20). The predicted octanol–water partition coefficient (Wildman–Crippen LogP) is 3.13. The van der Waals surface area contributed by atoms with Crippen LogP contribution < -0.4 is 10.2 Å². The minimum atomic E-state index is -1.03. The van der Waals surface area contributed by atoms with Gasteiger partial charge in [-0.1, -0.05) is 18.2 Å². The van der Waals surface area contributed by atoms with Crippen molar-refractivity contribution in [2.45, 2.75) is 6.92 Å². The number of carboxylic acids is 1. The van der Waals surface area contributed by atoms with Crippen molar-refractivity contribution in [3.8, 4) is 0 Å². The van der Waals surface area contributed by atoms with E-state index in [2.05, 4.69) is 5.32 Å².